The fourth-order valence-corrected chi connectivity index (χ4v) is 4.18. The van der Waals surface area contributed by atoms with E-state index in [1.807, 2.05) is 24.3 Å². The average Bonchev–Trinajstić information content (AvgIpc) is 2.25. The number of carbonyl (C=O) groups excluding carboxylic acids is 1. The van der Waals surface area contributed by atoms with Gasteiger partial charge in [0, 0.05) is 15.2 Å². The SMILES string of the molecule is CC1(C)CC(NC(=O)c2ccc(I)cc2)CC(C)(C)C1. The van der Waals surface area contributed by atoms with Crippen LogP contribution in [0.4, 0.5) is 0 Å². The molecule has 1 amide bonds. The summed E-state index contributed by atoms with van der Waals surface area (Å²) in [5.41, 5.74) is 1.35. The van der Waals surface area contributed by atoms with E-state index in [-0.39, 0.29) is 11.9 Å². The van der Waals surface area contributed by atoms with Gasteiger partial charge in [-0.25, -0.2) is 0 Å². The van der Waals surface area contributed by atoms with Gasteiger partial charge in [-0.1, -0.05) is 27.7 Å². The molecule has 0 bridgehead atoms. The highest BCUT2D eigenvalue weighted by Gasteiger charge is 2.38. The van der Waals surface area contributed by atoms with Crippen LogP contribution in [-0.4, -0.2) is 11.9 Å². The smallest absolute Gasteiger partial charge is 0.251 e. The van der Waals surface area contributed by atoms with Crippen LogP contribution in [0.15, 0.2) is 24.3 Å². The summed E-state index contributed by atoms with van der Waals surface area (Å²) in [5.74, 6) is 0.0555. The highest BCUT2D eigenvalue weighted by Crippen LogP contribution is 2.45. The maximum Gasteiger partial charge on any atom is 0.251 e. The van der Waals surface area contributed by atoms with Gasteiger partial charge in [0.25, 0.3) is 5.91 Å². The number of hydrogen-bond acceptors (Lipinski definition) is 1. The van der Waals surface area contributed by atoms with Gasteiger partial charge in [-0.05, 0) is 76.9 Å². The summed E-state index contributed by atoms with van der Waals surface area (Å²) in [6.07, 6.45) is 3.34. The van der Waals surface area contributed by atoms with E-state index in [0.29, 0.717) is 10.8 Å². The van der Waals surface area contributed by atoms with Crippen LogP contribution in [0.25, 0.3) is 0 Å². The molecule has 0 aromatic heterocycles. The third-order valence-corrected chi connectivity index (χ3v) is 4.72. The van der Waals surface area contributed by atoms with Crippen LogP contribution in [0.5, 0.6) is 0 Å². The molecule has 0 heterocycles. The zero-order valence-electron chi connectivity index (χ0n) is 12.8. The predicted molar refractivity (Wildman–Crippen MR) is 91.8 cm³/mol. The second-order valence-electron chi connectivity index (χ2n) is 7.59. The minimum absolute atomic E-state index is 0.0555. The topological polar surface area (TPSA) is 29.1 Å². The number of hydrogen-bond donors (Lipinski definition) is 1. The van der Waals surface area contributed by atoms with Crippen LogP contribution in [0.2, 0.25) is 0 Å². The van der Waals surface area contributed by atoms with Gasteiger partial charge in [-0.15, -0.1) is 0 Å². The van der Waals surface area contributed by atoms with Crippen LogP contribution in [0, 0.1) is 14.4 Å². The Bertz CT molecular complexity index is 474. The van der Waals surface area contributed by atoms with E-state index in [4.69, 9.17) is 0 Å². The lowest BCUT2D eigenvalue weighted by Crippen LogP contribution is -2.46. The summed E-state index contributed by atoms with van der Waals surface area (Å²) < 4.78 is 1.15. The number of benzene rings is 1. The van der Waals surface area contributed by atoms with Gasteiger partial charge in [0.1, 0.15) is 0 Å². The van der Waals surface area contributed by atoms with Crippen molar-refractivity contribution in [2.75, 3.05) is 0 Å². The Hall–Kier alpha value is -0.580. The Labute approximate surface area is 135 Å². The van der Waals surface area contributed by atoms with E-state index >= 15 is 0 Å². The molecule has 1 aliphatic rings. The number of amides is 1. The van der Waals surface area contributed by atoms with Crippen molar-refractivity contribution < 1.29 is 4.79 Å². The van der Waals surface area contributed by atoms with Gasteiger partial charge < -0.3 is 5.32 Å². The Morgan fingerprint density at radius 2 is 1.60 bits per heavy atom. The standard InChI is InChI=1S/C17H24INO/c1-16(2)9-14(10-17(3,4)11-16)19-15(20)12-5-7-13(18)8-6-12/h5-8,14H,9-11H2,1-4H3,(H,19,20). The lowest BCUT2D eigenvalue weighted by molar-refractivity contribution is 0.0713. The van der Waals surface area contributed by atoms with Crippen molar-refractivity contribution in [3.05, 3.63) is 33.4 Å². The number of nitrogens with one attached hydrogen (secondary N) is 1. The molecule has 110 valence electrons. The first-order chi connectivity index (χ1) is 9.17. The molecule has 0 spiro atoms. The fourth-order valence-electron chi connectivity index (χ4n) is 3.82. The monoisotopic (exact) mass is 385 g/mol. The summed E-state index contributed by atoms with van der Waals surface area (Å²) >= 11 is 2.25. The maximum atomic E-state index is 12.3. The molecule has 20 heavy (non-hydrogen) atoms. The van der Waals surface area contributed by atoms with Crippen molar-refractivity contribution in [3.8, 4) is 0 Å². The zero-order valence-corrected chi connectivity index (χ0v) is 15.0. The van der Waals surface area contributed by atoms with Crippen molar-refractivity contribution in [2.24, 2.45) is 10.8 Å². The second-order valence-corrected chi connectivity index (χ2v) is 8.84. The van der Waals surface area contributed by atoms with Crippen molar-refractivity contribution in [2.45, 2.75) is 53.0 Å². The van der Waals surface area contributed by atoms with Crippen LogP contribution in [0.3, 0.4) is 0 Å². The first kappa shape index (κ1) is 15.8. The maximum absolute atomic E-state index is 12.3. The number of carbonyl (C=O) groups is 1. The molecule has 1 saturated carbocycles. The van der Waals surface area contributed by atoms with Gasteiger partial charge in [-0.3, -0.25) is 4.79 Å². The summed E-state index contributed by atoms with van der Waals surface area (Å²) in [6.45, 7) is 9.21. The Morgan fingerprint density at radius 3 is 2.10 bits per heavy atom. The Kier molecular flexibility index (Phi) is 4.47. The summed E-state index contributed by atoms with van der Waals surface area (Å²) in [7, 11) is 0. The zero-order chi connectivity index (χ0) is 15.0. The largest absolute Gasteiger partial charge is 0.349 e. The molecule has 0 atom stereocenters. The molecule has 0 aliphatic heterocycles. The highest BCUT2D eigenvalue weighted by atomic mass is 127. The lowest BCUT2D eigenvalue weighted by Gasteiger charge is -2.45. The van der Waals surface area contributed by atoms with E-state index < -0.39 is 0 Å². The molecular formula is C17H24INO. The second kappa shape index (κ2) is 5.66. The molecule has 1 aliphatic carbocycles. The minimum Gasteiger partial charge on any atom is -0.349 e. The van der Waals surface area contributed by atoms with Gasteiger partial charge in [0.2, 0.25) is 0 Å². The van der Waals surface area contributed by atoms with Crippen molar-refractivity contribution in [3.63, 3.8) is 0 Å². The molecular weight excluding hydrogens is 361 g/mol. The summed E-state index contributed by atoms with van der Waals surface area (Å²) in [4.78, 5) is 12.3. The molecule has 3 heteroatoms. The molecule has 1 aromatic carbocycles. The lowest BCUT2D eigenvalue weighted by atomic mass is 9.63. The average molecular weight is 385 g/mol. The van der Waals surface area contributed by atoms with E-state index in [2.05, 4.69) is 55.6 Å². The molecule has 1 aromatic rings. The number of halogens is 1. The van der Waals surface area contributed by atoms with E-state index in [1.165, 1.54) is 6.42 Å². The minimum atomic E-state index is 0.0555. The predicted octanol–water partition coefficient (Wildman–Crippen LogP) is 4.63. The quantitative estimate of drug-likeness (QED) is 0.740. The van der Waals surface area contributed by atoms with Gasteiger partial charge >= 0.3 is 0 Å². The van der Waals surface area contributed by atoms with Crippen LogP contribution >= 0.6 is 22.6 Å². The highest BCUT2D eigenvalue weighted by molar-refractivity contribution is 14.1. The van der Waals surface area contributed by atoms with E-state index in [9.17, 15) is 4.79 Å². The molecule has 2 nitrogen and oxygen atoms in total. The number of rotatable bonds is 2. The molecule has 2 rings (SSSR count). The Morgan fingerprint density at radius 1 is 1.10 bits per heavy atom. The molecule has 1 N–H and O–H groups in total. The Balaban J connectivity index is 2.05. The third kappa shape index (κ3) is 4.21. The van der Waals surface area contributed by atoms with E-state index in [0.717, 1.165) is 22.0 Å². The summed E-state index contributed by atoms with van der Waals surface area (Å²) in [5, 5.41) is 3.22. The van der Waals surface area contributed by atoms with Gasteiger partial charge in [-0.2, -0.15) is 0 Å². The van der Waals surface area contributed by atoms with E-state index in [1.54, 1.807) is 0 Å². The van der Waals surface area contributed by atoms with Crippen LogP contribution < -0.4 is 5.32 Å². The summed E-state index contributed by atoms with van der Waals surface area (Å²) in [6, 6.07) is 8.03. The van der Waals surface area contributed by atoms with Crippen molar-refractivity contribution in [1.29, 1.82) is 0 Å². The van der Waals surface area contributed by atoms with Crippen LogP contribution in [-0.2, 0) is 0 Å². The van der Waals surface area contributed by atoms with Crippen LogP contribution in [0.1, 0.15) is 57.3 Å². The fraction of sp³-hybridized carbons (Fsp3) is 0.588. The molecule has 0 saturated heterocycles. The third-order valence-electron chi connectivity index (χ3n) is 4.00. The molecule has 0 unspecified atom stereocenters. The van der Waals surface area contributed by atoms with Crippen molar-refractivity contribution in [1.82, 2.24) is 5.32 Å². The van der Waals surface area contributed by atoms with Gasteiger partial charge in [0.05, 0.1) is 0 Å². The normalized spacial score (nSPS) is 21.4. The molecule has 1 fully saturated rings. The van der Waals surface area contributed by atoms with Gasteiger partial charge in [0.15, 0.2) is 0 Å². The molecule has 0 radical (unpaired) electrons. The van der Waals surface area contributed by atoms with Crippen molar-refractivity contribution >= 4 is 28.5 Å². The first-order valence-electron chi connectivity index (χ1n) is 7.23. The first-order valence-corrected chi connectivity index (χ1v) is 8.31.